The van der Waals surface area contributed by atoms with Gasteiger partial charge in [-0.1, -0.05) is 12.1 Å². The molecule has 0 radical (unpaired) electrons. The molecule has 2 aromatic carbocycles. The van der Waals surface area contributed by atoms with E-state index in [4.69, 9.17) is 5.73 Å². The Morgan fingerprint density at radius 3 is 2.56 bits per heavy atom. The number of methoxy groups -OCH3 is 1. The van der Waals surface area contributed by atoms with E-state index >= 15 is 0 Å². The largest absolute Gasteiger partial charge is 0.491 e. The van der Waals surface area contributed by atoms with Gasteiger partial charge in [0.05, 0.1) is 18.5 Å². The highest BCUT2D eigenvalue weighted by Gasteiger charge is 2.20. The van der Waals surface area contributed by atoms with Crippen molar-refractivity contribution in [3.8, 4) is 17.0 Å². The minimum absolute atomic E-state index is 0.162. The SMILES string of the molecule is COc1c(F)cc(Nc2cc(-c3cccc(N)c3)ncn2)c(F)c1F. The van der Waals surface area contributed by atoms with Gasteiger partial charge in [0, 0.05) is 23.4 Å². The molecule has 0 aliphatic rings. The Balaban J connectivity index is 1.96. The number of benzene rings is 2. The third kappa shape index (κ3) is 3.32. The smallest absolute Gasteiger partial charge is 0.205 e. The first-order chi connectivity index (χ1) is 12.0. The van der Waals surface area contributed by atoms with Gasteiger partial charge < -0.3 is 15.8 Å². The summed E-state index contributed by atoms with van der Waals surface area (Å²) in [6, 6.07) is 9.28. The van der Waals surface area contributed by atoms with Crippen molar-refractivity contribution < 1.29 is 17.9 Å². The van der Waals surface area contributed by atoms with Crippen molar-refractivity contribution in [2.75, 3.05) is 18.2 Å². The lowest BCUT2D eigenvalue weighted by molar-refractivity contribution is 0.347. The van der Waals surface area contributed by atoms with Crippen LogP contribution < -0.4 is 15.8 Å². The van der Waals surface area contributed by atoms with E-state index in [9.17, 15) is 13.2 Å². The molecule has 5 nitrogen and oxygen atoms in total. The van der Waals surface area contributed by atoms with E-state index < -0.39 is 28.9 Å². The summed E-state index contributed by atoms with van der Waals surface area (Å²) in [5.41, 5.74) is 7.11. The van der Waals surface area contributed by atoms with Gasteiger partial charge in [-0.3, -0.25) is 0 Å². The number of rotatable bonds is 4. The van der Waals surface area contributed by atoms with E-state index in [0.717, 1.165) is 18.7 Å². The van der Waals surface area contributed by atoms with Crippen LogP contribution in [0.25, 0.3) is 11.3 Å². The van der Waals surface area contributed by atoms with Crippen molar-refractivity contribution in [3.63, 3.8) is 0 Å². The predicted molar refractivity (Wildman–Crippen MR) is 88.0 cm³/mol. The molecule has 25 heavy (non-hydrogen) atoms. The topological polar surface area (TPSA) is 73.1 Å². The first kappa shape index (κ1) is 16.6. The Labute approximate surface area is 141 Å². The van der Waals surface area contributed by atoms with Gasteiger partial charge in [0.25, 0.3) is 0 Å². The van der Waals surface area contributed by atoms with Crippen LogP contribution >= 0.6 is 0 Å². The van der Waals surface area contributed by atoms with Crippen LogP contribution in [0.5, 0.6) is 5.75 Å². The van der Waals surface area contributed by atoms with Gasteiger partial charge in [-0.2, -0.15) is 4.39 Å². The molecule has 0 fully saturated rings. The van der Waals surface area contributed by atoms with Gasteiger partial charge in [0.2, 0.25) is 5.82 Å². The predicted octanol–water partition coefficient (Wildman–Crippen LogP) is 3.90. The van der Waals surface area contributed by atoms with E-state index in [1.54, 1.807) is 24.3 Å². The maximum Gasteiger partial charge on any atom is 0.205 e. The maximum absolute atomic E-state index is 14.0. The van der Waals surface area contributed by atoms with E-state index in [0.29, 0.717) is 11.4 Å². The lowest BCUT2D eigenvalue weighted by atomic mass is 10.1. The fourth-order valence-corrected chi connectivity index (χ4v) is 2.28. The van der Waals surface area contributed by atoms with Crippen LogP contribution in [0, 0.1) is 17.5 Å². The van der Waals surface area contributed by atoms with Crippen LogP contribution in [-0.4, -0.2) is 17.1 Å². The number of anilines is 3. The number of nitrogens with one attached hydrogen (secondary N) is 1. The Kier molecular flexibility index (Phi) is 4.42. The summed E-state index contributed by atoms with van der Waals surface area (Å²) in [4.78, 5) is 8.04. The first-order valence-corrected chi connectivity index (χ1v) is 7.16. The summed E-state index contributed by atoms with van der Waals surface area (Å²) in [6.45, 7) is 0. The van der Waals surface area contributed by atoms with Crippen LogP contribution in [0.2, 0.25) is 0 Å². The fraction of sp³-hybridized carbons (Fsp3) is 0.0588. The number of halogens is 3. The molecular weight excluding hydrogens is 333 g/mol. The highest BCUT2D eigenvalue weighted by atomic mass is 19.2. The minimum atomic E-state index is -1.42. The number of hydrogen-bond acceptors (Lipinski definition) is 5. The highest BCUT2D eigenvalue weighted by molar-refractivity contribution is 5.68. The Morgan fingerprint density at radius 2 is 1.84 bits per heavy atom. The van der Waals surface area contributed by atoms with Gasteiger partial charge in [-0.25, -0.2) is 18.7 Å². The third-order valence-electron chi connectivity index (χ3n) is 3.43. The molecule has 0 saturated heterocycles. The highest BCUT2D eigenvalue weighted by Crippen LogP contribution is 2.31. The van der Waals surface area contributed by atoms with Crippen LogP contribution in [0.3, 0.4) is 0 Å². The summed E-state index contributed by atoms with van der Waals surface area (Å²) in [6.07, 6.45) is 1.25. The number of hydrogen-bond donors (Lipinski definition) is 2. The quantitative estimate of drug-likeness (QED) is 0.554. The molecule has 3 N–H and O–H groups in total. The van der Waals surface area contributed by atoms with E-state index in [2.05, 4.69) is 20.0 Å². The van der Waals surface area contributed by atoms with E-state index in [1.165, 1.54) is 12.4 Å². The zero-order valence-electron chi connectivity index (χ0n) is 13.1. The molecule has 1 aromatic heterocycles. The molecule has 128 valence electrons. The standard InChI is InChI=1S/C17H13F3N4O/c1-25-17-11(18)6-13(15(19)16(17)20)24-14-7-12(22-8-23-14)9-3-2-4-10(21)5-9/h2-8H,21H2,1H3,(H,22,23,24). The number of nitrogen functional groups attached to an aromatic ring is 1. The minimum Gasteiger partial charge on any atom is -0.491 e. The molecule has 0 amide bonds. The van der Waals surface area contributed by atoms with Gasteiger partial charge in [-0.05, 0) is 12.1 Å². The summed E-state index contributed by atoms with van der Waals surface area (Å²) >= 11 is 0. The van der Waals surface area contributed by atoms with Crippen molar-refractivity contribution in [2.24, 2.45) is 0 Å². The first-order valence-electron chi connectivity index (χ1n) is 7.16. The molecule has 0 aliphatic heterocycles. The molecule has 8 heteroatoms. The monoisotopic (exact) mass is 346 g/mol. The van der Waals surface area contributed by atoms with Gasteiger partial charge in [0.1, 0.15) is 12.1 Å². The van der Waals surface area contributed by atoms with Crippen molar-refractivity contribution in [3.05, 3.63) is 60.2 Å². The Hall–Kier alpha value is -3.29. The third-order valence-corrected chi connectivity index (χ3v) is 3.43. The Bertz CT molecular complexity index is 934. The number of ether oxygens (including phenoxy) is 1. The second kappa shape index (κ2) is 6.68. The molecule has 0 spiro atoms. The van der Waals surface area contributed by atoms with E-state index in [-0.39, 0.29) is 5.82 Å². The van der Waals surface area contributed by atoms with Crippen molar-refractivity contribution in [1.29, 1.82) is 0 Å². The van der Waals surface area contributed by atoms with Crippen LogP contribution in [0.15, 0.2) is 42.7 Å². The van der Waals surface area contributed by atoms with Crippen molar-refractivity contribution >= 4 is 17.2 Å². The molecule has 3 aromatic rings. The summed E-state index contributed by atoms with van der Waals surface area (Å²) in [5.74, 6) is -4.35. The molecular formula is C17H13F3N4O. The molecule has 0 aliphatic carbocycles. The molecule has 0 unspecified atom stereocenters. The zero-order chi connectivity index (χ0) is 18.0. The average Bonchev–Trinajstić information content (AvgIpc) is 2.60. The van der Waals surface area contributed by atoms with Crippen molar-refractivity contribution in [2.45, 2.75) is 0 Å². The van der Waals surface area contributed by atoms with E-state index in [1.807, 2.05) is 0 Å². The second-order valence-electron chi connectivity index (χ2n) is 5.11. The zero-order valence-corrected chi connectivity index (χ0v) is 13.1. The molecule has 1 heterocycles. The van der Waals surface area contributed by atoms with Crippen LogP contribution in [-0.2, 0) is 0 Å². The lowest BCUT2D eigenvalue weighted by Crippen LogP contribution is -2.03. The molecule has 3 rings (SSSR count). The van der Waals surface area contributed by atoms with Crippen LogP contribution in [0.4, 0.5) is 30.4 Å². The Morgan fingerprint density at radius 1 is 1.04 bits per heavy atom. The number of aromatic nitrogens is 2. The van der Waals surface area contributed by atoms with Crippen LogP contribution in [0.1, 0.15) is 0 Å². The summed E-state index contributed by atoms with van der Waals surface area (Å²) in [5, 5.41) is 2.54. The molecule has 0 bridgehead atoms. The number of nitrogens with zero attached hydrogens (tertiary/aromatic N) is 2. The van der Waals surface area contributed by atoms with Gasteiger partial charge in [-0.15, -0.1) is 0 Å². The molecule has 0 atom stereocenters. The molecule has 0 saturated carbocycles. The van der Waals surface area contributed by atoms with Gasteiger partial charge in [0.15, 0.2) is 17.4 Å². The van der Waals surface area contributed by atoms with Crippen molar-refractivity contribution in [1.82, 2.24) is 9.97 Å². The number of nitrogens with two attached hydrogens (primary N) is 1. The maximum atomic E-state index is 14.0. The lowest BCUT2D eigenvalue weighted by Gasteiger charge is -2.11. The average molecular weight is 346 g/mol. The second-order valence-corrected chi connectivity index (χ2v) is 5.11. The van der Waals surface area contributed by atoms with Gasteiger partial charge >= 0.3 is 0 Å². The normalized spacial score (nSPS) is 10.6. The summed E-state index contributed by atoms with van der Waals surface area (Å²) in [7, 11) is 1.05. The summed E-state index contributed by atoms with van der Waals surface area (Å²) < 4.78 is 46.1. The fourth-order valence-electron chi connectivity index (χ4n) is 2.28.